The number of anilines is 2. The number of amides is 2. The highest BCUT2D eigenvalue weighted by atomic mass is 16.5. The van der Waals surface area contributed by atoms with E-state index in [0.29, 0.717) is 17.8 Å². The van der Waals surface area contributed by atoms with Crippen LogP contribution in [0.5, 0.6) is 5.75 Å². The normalized spacial score (nSPS) is 11.7. The molecule has 0 aromatic heterocycles. The fraction of sp³-hybridized carbons (Fsp3) is 0.250. The van der Waals surface area contributed by atoms with Crippen LogP contribution in [0.1, 0.15) is 37.3 Å². The zero-order chi connectivity index (χ0) is 21.0. The van der Waals surface area contributed by atoms with Crippen molar-refractivity contribution < 1.29 is 14.3 Å². The number of hydrogen-bond donors (Lipinski definition) is 2. The van der Waals surface area contributed by atoms with Gasteiger partial charge in [0.2, 0.25) is 11.8 Å². The van der Waals surface area contributed by atoms with Crippen molar-refractivity contribution in [3.05, 3.63) is 65.7 Å². The molecule has 0 saturated heterocycles. The molecule has 0 fully saturated rings. The van der Waals surface area contributed by atoms with Gasteiger partial charge in [-0.05, 0) is 60.0 Å². The van der Waals surface area contributed by atoms with Crippen molar-refractivity contribution in [3.63, 3.8) is 0 Å². The second kappa shape index (κ2) is 8.78. The Morgan fingerprint density at radius 3 is 2.31 bits per heavy atom. The van der Waals surface area contributed by atoms with Gasteiger partial charge in [-0.3, -0.25) is 9.59 Å². The Morgan fingerprint density at radius 2 is 1.62 bits per heavy atom. The van der Waals surface area contributed by atoms with Crippen LogP contribution in [0.2, 0.25) is 0 Å². The van der Waals surface area contributed by atoms with Crippen LogP contribution < -0.4 is 15.4 Å². The number of carbonyl (C=O) groups is 2. The van der Waals surface area contributed by atoms with E-state index in [9.17, 15) is 9.59 Å². The summed E-state index contributed by atoms with van der Waals surface area (Å²) in [4.78, 5) is 24.6. The molecule has 0 aliphatic heterocycles. The molecule has 2 amide bonds. The lowest BCUT2D eigenvalue weighted by Crippen LogP contribution is -2.20. The number of rotatable bonds is 6. The number of carbonyl (C=O) groups excluding carboxylic acids is 2. The van der Waals surface area contributed by atoms with Gasteiger partial charge in [0.1, 0.15) is 5.75 Å². The third-order valence-corrected chi connectivity index (χ3v) is 5.15. The summed E-state index contributed by atoms with van der Waals surface area (Å²) in [5, 5.41) is 7.98. The number of ether oxygens (including phenoxy) is 1. The van der Waals surface area contributed by atoms with E-state index in [1.807, 2.05) is 68.4 Å². The number of methoxy groups -OCH3 is 1. The predicted octanol–water partition coefficient (Wildman–Crippen LogP) is 5.25. The molecular weight excluding hydrogens is 364 g/mol. The van der Waals surface area contributed by atoms with E-state index in [-0.39, 0.29) is 17.7 Å². The van der Waals surface area contributed by atoms with Gasteiger partial charge in [-0.1, -0.05) is 37.3 Å². The summed E-state index contributed by atoms with van der Waals surface area (Å²) in [5.41, 5.74) is 3.18. The van der Waals surface area contributed by atoms with E-state index in [2.05, 4.69) is 10.6 Å². The highest BCUT2D eigenvalue weighted by molar-refractivity contribution is 5.99. The van der Waals surface area contributed by atoms with E-state index < -0.39 is 0 Å². The third-order valence-electron chi connectivity index (χ3n) is 5.15. The Morgan fingerprint density at radius 1 is 0.966 bits per heavy atom. The lowest BCUT2D eigenvalue weighted by atomic mass is 9.96. The maximum absolute atomic E-state index is 12.9. The van der Waals surface area contributed by atoms with Crippen molar-refractivity contribution in [1.82, 2.24) is 0 Å². The molecule has 3 aromatic carbocycles. The first-order chi connectivity index (χ1) is 13.9. The molecule has 0 heterocycles. The maximum Gasteiger partial charge on any atom is 0.231 e. The zero-order valence-corrected chi connectivity index (χ0v) is 17.2. The molecule has 0 bridgehead atoms. The van der Waals surface area contributed by atoms with Crippen LogP contribution >= 0.6 is 0 Å². The average Bonchev–Trinajstić information content (AvgIpc) is 2.74. The maximum atomic E-state index is 12.9. The molecular formula is C24H26N2O3. The van der Waals surface area contributed by atoms with Crippen molar-refractivity contribution in [2.45, 2.75) is 33.1 Å². The van der Waals surface area contributed by atoms with Crippen LogP contribution in [0, 0.1) is 6.92 Å². The Hall–Kier alpha value is -3.34. The predicted molar refractivity (Wildman–Crippen MR) is 118 cm³/mol. The summed E-state index contributed by atoms with van der Waals surface area (Å²) in [5.74, 6) is 0.328. The second-order valence-electron chi connectivity index (χ2n) is 7.06. The van der Waals surface area contributed by atoms with E-state index >= 15 is 0 Å². The van der Waals surface area contributed by atoms with Gasteiger partial charge in [0.15, 0.2) is 0 Å². The molecule has 3 aromatic rings. The molecule has 3 rings (SSSR count). The van der Waals surface area contributed by atoms with Crippen LogP contribution in [-0.2, 0) is 9.59 Å². The largest absolute Gasteiger partial charge is 0.497 e. The molecule has 29 heavy (non-hydrogen) atoms. The van der Waals surface area contributed by atoms with Crippen molar-refractivity contribution >= 4 is 34.0 Å². The molecule has 0 saturated carbocycles. The van der Waals surface area contributed by atoms with Gasteiger partial charge in [-0.2, -0.15) is 0 Å². The quantitative estimate of drug-likeness (QED) is 0.604. The van der Waals surface area contributed by atoms with Crippen molar-refractivity contribution in [1.29, 1.82) is 0 Å². The highest BCUT2D eigenvalue weighted by Gasteiger charge is 2.17. The number of nitrogens with one attached hydrogen (secondary N) is 2. The van der Waals surface area contributed by atoms with Gasteiger partial charge in [-0.15, -0.1) is 0 Å². The van der Waals surface area contributed by atoms with E-state index in [4.69, 9.17) is 4.74 Å². The van der Waals surface area contributed by atoms with Crippen LogP contribution in [0.4, 0.5) is 11.4 Å². The Kier molecular flexibility index (Phi) is 6.17. The van der Waals surface area contributed by atoms with Crippen LogP contribution in [0.3, 0.4) is 0 Å². The second-order valence-corrected chi connectivity index (χ2v) is 7.06. The Balaban J connectivity index is 1.79. The first-order valence-corrected chi connectivity index (χ1v) is 9.71. The number of fused-ring (bicyclic) bond motifs is 1. The van der Waals surface area contributed by atoms with Gasteiger partial charge in [0.25, 0.3) is 0 Å². The van der Waals surface area contributed by atoms with Crippen LogP contribution in [0.25, 0.3) is 10.8 Å². The summed E-state index contributed by atoms with van der Waals surface area (Å²) in [7, 11) is 1.65. The standard InChI is InChI=1S/C24H26N2O3/c1-5-23(27)25-21-7-6-8-22(16(21)3)26-24(28)15(2)17-9-10-19-14-20(29-4)12-11-18(19)13-17/h6-15H,5H2,1-4H3,(H,25,27)(H,26,28)/t15-/m0/s1. The smallest absolute Gasteiger partial charge is 0.231 e. The van der Waals surface area contributed by atoms with Crippen LogP contribution in [-0.4, -0.2) is 18.9 Å². The molecule has 0 unspecified atom stereocenters. The minimum Gasteiger partial charge on any atom is -0.497 e. The Labute approximate surface area is 171 Å². The summed E-state index contributed by atoms with van der Waals surface area (Å²) in [6.45, 7) is 5.57. The van der Waals surface area contributed by atoms with Gasteiger partial charge in [-0.25, -0.2) is 0 Å². The lowest BCUT2D eigenvalue weighted by molar-refractivity contribution is -0.117. The van der Waals surface area contributed by atoms with Gasteiger partial charge in [0.05, 0.1) is 13.0 Å². The molecule has 5 heteroatoms. The molecule has 0 spiro atoms. The third kappa shape index (κ3) is 4.57. The summed E-state index contributed by atoms with van der Waals surface area (Å²) >= 11 is 0. The van der Waals surface area contributed by atoms with E-state index in [1.54, 1.807) is 14.0 Å². The highest BCUT2D eigenvalue weighted by Crippen LogP contribution is 2.28. The topological polar surface area (TPSA) is 67.4 Å². The first kappa shape index (κ1) is 20.4. The minimum atomic E-state index is -0.324. The van der Waals surface area contributed by atoms with E-state index in [0.717, 1.165) is 27.6 Å². The minimum absolute atomic E-state index is 0.0576. The summed E-state index contributed by atoms with van der Waals surface area (Å²) in [6, 6.07) is 17.4. The SMILES string of the molecule is CCC(=O)Nc1cccc(NC(=O)[C@@H](C)c2ccc3cc(OC)ccc3c2)c1C. The number of hydrogen-bond acceptors (Lipinski definition) is 3. The van der Waals surface area contributed by atoms with Crippen molar-refractivity contribution in [3.8, 4) is 5.75 Å². The van der Waals surface area contributed by atoms with E-state index in [1.165, 1.54) is 0 Å². The molecule has 5 nitrogen and oxygen atoms in total. The summed E-state index contributed by atoms with van der Waals surface area (Å²) < 4.78 is 5.27. The average molecular weight is 390 g/mol. The fourth-order valence-corrected chi connectivity index (χ4v) is 3.18. The van der Waals surface area contributed by atoms with Crippen LogP contribution in [0.15, 0.2) is 54.6 Å². The number of benzene rings is 3. The molecule has 0 aliphatic rings. The summed E-state index contributed by atoms with van der Waals surface area (Å²) in [6.07, 6.45) is 0.404. The monoisotopic (exact) mass is 390 g/mol. The molecule has 2 N–H and O–H groups in total. The molecule has 1 atom stereocenters. The van der Waals surface area contributed by atoms with Crippen molar-refractivity contribution in [2.75, 3.05) is 17.7 Å². The van der Waals surface area contributed by atoms with Crippen molar-refractivity contribution in [2.24, 2.45) is 0 Å². The zero-order valence-electron chi connectivity index (χ0n) is 17.2. The van der Waals surface area contributed by atoms with Gasteiger partial charge in [0, 0.05) is 17.8 Å². The Bertz CT molecular complexity index is 1060. The van der Waals surface area contributed by atoms with Gasteiger partial charge < -0.3 is 15.4 Å². The lowest BCUT2D eigenvalue weighted by Gasteiger charge is -2.17. The fourth-order valence-electron chi connectivity index (χ4n) is 3.18. The molecule has 0 aliphatic carbocycles. The first-order valence-electron chi connectivity index (χ1n) is 9.71. The molecule has 0 radical (unpaired) electrons. The molecule has 150 valence electrons. The van der Waals surface area contributed by atoms with Gasteiger partial charge >= 0.3 is 0 Å².